The van der Waals surface area contributed by atoms with Crippen LogP contribution in [0.15, 0.2) is 30.6 Å². The molecule has 2 saturated heterocycles. The topological polar surface area (TPSA) is 90.9 Å². The van der Waals surface area contributed by atoms with Gasteiger partial charge in [-0.1, -0.05) is 0 Å². The van der Waals surface area contributed by atoms with Crippen LogP contribution in [0.4, 0.5) is 14.7 Å². The predicted octanol–water partition coefficient (Wildman–Crippen LogP) is 1.72. The van der Waals surface area contributed by atoms with E-state index < -0.39 is 18.0 Å². The number of nitrogens with one attached hydrogen (secondary N) is 1. The minimum atomic E-state index is -1.09. The maximum Gasteiger partial charge on any atom is 0.366 e. The Morgan fingerprint density at radius 2 is 2.21 bits per heavy atom. The van der Waals surface area contributed by atoms with Gasteiger partial charge in [0.05, 0.1) is 44.2 Å². The second kappa shape index (κ2) is 8.30. The summed E-state index contributed by atoms with van der Waals surface area (Å²) in [7, 11) is 1.46. The van der Waals surface area contributed by atoms with Crippen molar-refractivity contribution in [3.63, 3.8) is 0 Å². The number of anilines is 1. The Labute approximate surface area is 193 Å². The molecular formula is C23H22F2N7O2+. The number of benzene rings is 1. The number of piperidine rings is 1. The van der Waals surface area contributed by atoms with Crippen LogP contribution in [0.25, 0.3) is 27.7 Å². The van der Waals surface area contributed by atoms with Crippen LogP contribution in [0.2, 0.25) is 0 Å². The van der Waals surface area contributed by atoms with Gasteiger partial charge in [0.15, 0.2) is 17.5 Å². The van der Waals surface area contributed by atoms with Gasteiger partial charge in [-0.3, -0.25) is 4.90 Å². The fraction of sp³-hybridized carbons (Fsp3) is 0.391. The summed E-state index contributed by atoms with van der Waals surface area (Å²) >= 11 is 0. The highest BCUT2D eigenvalue weighted by atomic mass is 19.1. The van der Waals surface area contributed by atoms with Gasteiger partial charge in [0.25, 0.3) is 0 Å². The minimum Gasteiger partial charge on any atom is -0.479 e. The van der Waals surface area contributed by atoms with Crippen molar-refractivity contribution in [2.45, 2.75) is 24.7 Å². The molecule has 2 aliphatic rings. The van der Waals surface area contributed by atoms with Crippen molar-refractivity contribution in [1.29, 1.82) is 0 Å². The Balaban J connectivity index is 1.32. The van der Waals surface area contributed by atoms with Crippen LogP contribution in [0.1, 0.15) is 6.42 Å². The van der Waals surface area contributed by atoms with Crippen molar-refractivity contribution in [2.75, 3.05) is 38.7 Å². The Bertz CT molecular complexity index is 1360. The molecule has 0 spiro atoms. The highest BCUT2D eigenvalue weighted by Crippen LogP contribution is 2.35. The molecule has 5 heterocycles. The molecule has 0 amide bonds. The fourth-order valence-corrected chi connectivity index (χ4v) is 4.60. The van der Waals surface area contributed by atoms with E-state index in [-0.39, 0.29) is 11.8 Å². The Morgan fingerprint density at radius 3 is 2.97 bits per heavy atom. The summed E-state index contributed by atoms with van der Waals surface area (Å²) in [6, 6.07) is 5.10. The van der Waals surface area contributed by atoms with E-state index in [2.05, 4.69) is 36.5 Å². The Morgan fingerprint density at radius 1 is 1.32 bits per heavy atom. The fourth-order valence-electron chi connectivity index (χ4n) is 4.60. The minimum absolute atomic E-state index is 0.180. The lowest BCUT2D eigenvalue weighted by molar-refractivity contribution is -0.259. The van der Waals surface area contributed by atoms with E-state index in [0.29, 0.717) is 59.9 Å². The number of hydrogen-bond donors (Lipinski definition) is 1. The molecule has 2 aliphatic heterocycles. The molecule has 0 saturated carbocycles. The summed E-state index contributed by atoms with van der Waals surface area (Å²) in [5.74, 6) is -0.124. The van der Waals surface area contributed by atoms with Crippen LogP contribution in [0.3, 0.4) is 0 Å². The van der Waals surface area contributed by atoms with E-state index in [1.165, 1.54) is 24.0 Å². The van der Waals surface area contributed by atoms with Gasteiger partial charge < -0.3 is 14.8 Å². The maximum absolute atomic E-state index is 15.1. The van der Waals surface area contributed by atoms with Gasteiger partial charge >= 0.3 is 11.7 Å². The average Bonchev–Trinajstić information content (AvgIpc) is 3.14. The number of methoxy groups -OCH3 is 1. The van der Waals surface area contributed by atoms with Gasteiger partial charge in [-0.25, -0.2) is 18.3 Å². The van der Waals surface area contributed by atoms with Gasteiger partial charge in [0.1, 0.15) is 11.7 Å². The van der Waals surface area contributed by atoms with Gasteiger partial charge in [-0.15, -0.1) is 5.10 Å². The second-order valence-electron chi connectivity index (χ2n) is 8.53. The monoisotopic (exact) mass is 466 g/mol. The molecule has 2 atom stereocenters. The van der Waals surface area contributed by atoms with Crippen LogP contribution >= 0.6 is 0 Å². The van der Waals surface area contributed by atoms with Crippen molar-refractivity contribution < 1.29 is 23.2 Å². The highest BCUT2D eigenvalue weighted by Gasteiger charge is 2.36. The van der Waals surface area contributed by atoms with Gasteiger partial charge in [-0.05, 0) is 29.1 Å². The van der Waals surface area contributed by atoms with Crippen LogP contribution < -0.4 is 15.0 Å². The second-order valence-corrected chi connectivity index (χ2v) is 8.53. The number of aromatic nitrogens is 5. The molecule has 9 nitrogen and oxygen atoms in total. The standard InChI is InChI=1S/C23H22F2N7O2/c1-33-22-21-20(13-2-3-18-19(8-13)27-6-5-26-18)16(25)10-32(21)30-23(29-22)28-17-4-7-31(9-15(17)24)14-11-34-12-14/h2-3,6,8,10,14-15,17H,4,7,9,11-12H2,1H3,(H,28,30)/q+1/t15-,17+/m1/s1. The van der Waals surface area contributed by atoms with Gasteiger partial charge in [0.2, 0.25) is 11.8 Å². The molecule has 2 fully saturated rings. The molecule has 0 radical (unpaired) electrons. The molecule has 174 valence electrons. The number of hydrogen-bond acceptors (Lipinski definition) is 7. The largest absolute Gasteiger partial charge is 0.479 e. The van der Waals surface area contributed by atoms with Crippen molar-refractivity contribution in [2.24, 2.45) is 0 Å². The summed E-state index contributed by atoms with van der Waals surface area (Å²) in [6.45, 7) is 2.41. The zero-order chi connectivity index (χ0) is 23.2. The lowest BCUT2D eigenvalue weighted by atomic mass is 10.0. The van der Waals surface area contributed by atoms with E-state index >= 15 is 4.39 Å². The smallest absolute Gasteiger partial charge is 0.366 e. The van der Waals surface area contributed by atoms with Crippen LogP contribution in [-0.4, -0.2) is 76.2 Å². The quantitative estimate of drug-likeness (QED) is 0.476. The molecule has 0 unspecified atom stereocenters. The summed E-state index contributed by atoms with van der Waals surface area (Å²) < 4.78 is 42.1. The highest BCUT2D eigenvalue weighted by molar-refractivity contribution is 5.89. The maximum atomic E-state index is 15.1. The summed E-state index contributed by atoms with van der Waals surface area (Å²) in [5, 5.41) is 7.49. The molecule has 6 rings (SSSR count). The van der Waals surface area contributed by atoms with Crippen LogP contribution in [0.5, 0.6) is 5.88 Å². The van der Waals surface area contributed by atoms with Crippen LogP contribution in [-0.2, 0) is 4.74 Å². The van der Waals surface area contributed by atoms with E-state index in [0.717, 1.165) is 6.54 Å². The molecule has 3 aromatic heterocycles. The first-order valence-electron chi connectivity index (χ1n) is 11.1. The third kappa shape index (κ3) is 3.55. The lowest BCUT2D eigenvalue weighted by Gasteiger charge is -2.42. The van der Waals surface area contributed by atoms with E-state index in [1.807, 2.05) is 0 Å². The Kier molecular flexibility index (Phi) is 5.12. The molecule has 11 heteroatoms. The SMILES string of the molecule is COc1nc(N[C@H]2CCN(C3COC3)C[C@H]2F)nn2cc(F)c(-c3ccc4[n+]#ccnc4c3)c12. The zero-order valence-corrected chi connectivity index (χ0v) is 18.4. The normalized spacial score (nSPS) is 21.4. The molecule has 1 N–H and O–H groups in total. The number of likely N-dealkylation sites (tertiary alicyclic amines) is 1. The van der Waals surface area contributed by atoms with Gasteiger partial charge in [-0.2, -0.15) is 4.98 Å². The summed E-state index contributed by atoms with van der Waals surface area (Å²) in [6.07, 6.45) is 4.92. The molecule has 4 aromatic rings. The molecule has 1 aromatic carbocycles. The third-order valence-electron chi connectivity index (χ3n) is 6.48. The summed E-state index contributed by atoms with van der Waals surface area (Å²) in [4.78, 5) is 14.9. The van der Waals surface area contributed by atoms with E-state index in [9.17, 15) is 4.39 Å². The van der Waals surface area contributed by atoms with Crippen molar-refractivity contribution in [3.05, 3.63) is 42.6 Å². The number of rotatable bonds is 5. The van der Waals surface area contributed by atoms with Crippen LogP contribution in [0, 0.1) is 12.0 Å². The average molecular weight is 466 g/mol. The van der Waals surface area contributed by atoms with E-state index in [4.69, 9.17) is 9.47 Å². The first kappa shape index (κ1) is 20.9. The predicted molar refractivity (Wildman–Crippen MR) is 118 cm³/mol. The number of halogens is 2. The van der Waals surface area contributed by atoms with Gasteiger partial charge in [0, 0.05) is 19.2 Å². The van der Waals surface area contributed by atoms with Crippen molar-refractivity contribution in [1.82, 2.24) is 24.5 Å². The van der Waals surface area contributed by atoms with E-state index in [1.54, 1.807) is 18.2 Å². The number of ether oxygens (including phenoxy) is 2. The third-order valence-corrected chi connectivity index (χ3v) is 6.48. The molecule has 0 bridgehead atoms. The first-order valence-corrected chi connectivity index (χ1v) is 11.1. The zero-order valence-electron chi connectivity index (χ0n) is 18.4. The van der Waals surface area contributed by atoms with Crippen molar-refractivity contribution in [3.8, 4) is 17.0 Å². The first-order chi connectivity index (χ1) is 16.6. The van der Waals surface area contributed by atoms with Crippen molar-refractivity contribution >= 4 is 22.5 Å². The Hall–Kier alpha value is -3.62. The number of alkyl halides is 1. The lowest BCUT2D eigenvalue weighted by Crippen LogP contribution is -2.57. The summed E-state index contributed by atoms with van der Waals surface area (Å²) in [5.41, 5.74) is 2.52. The number of fused-ring (bicyclic) bond motifs is 2. The molecule has 34 heavy (non-hydrogen) atoms. The number of nitrogens with zero attached hydrogens (tertiary/aromatic N) is 6. The molecular weight excluding hydrogens is 444 g/mol. The molecule has 0 aliphatic carbocycles.